The zero-order valence-electron chi connectivity index (χ0n) is 17.8. The fourth-order valence-corrected chi connectivity index (χ4v) is 3.47. The molecule has 30 heavy (non-hydrogen) atoms. The van der Waals surface area contributed by atoms with Crippen LogP contribution in [0.15, 0.2) is 48.5 Å². The van der Waals surface area contributed by atoms with Gasteiger partial charge in [-0.3, -0.25) is 4.79 Å². The third-order valence-electron chi connectivity index (χ3n) is 4.98. The zero-order valence-corrected chi connectivity index (χ0v) is 17.8. The number of ether oxygens (including phenoxy) is 4. The molecule has 0 radical (unpaired) electrons. The summed E-state index contributed by atoms with van der Waals surface area (Å²) in [7, 11) is 0. The molecule has 0 aliphatic carbocycles. The van der Waals surface area contributed by atoms with Crippen molar-refractivity contribution in [3.05, 3.63) is 54.1 Å². The lowest BCUT2D eigenvalue weighted by Gasteiger charge is -2.32. The average molecular weight is 414 g/mol. The van der Waals surface area contributed by atoms with Crippen molar-refractivity contribution in [2.45, 2.75) is 32.8 Å². The van der Waals surface area contributed by atoms with Crippen LogP contribution in [0.25, 0.3) is 0 Å². The molecule has 1 saturated heterocycles. The van der Waals surface area contributed by atoms with Gasteiger partial charge in [-0.2, -0.15) is 0 Å². The SMILES string of the molecule is CCOCCOc1ccccc1C(=O)N1CCC(Oc2ccccc2OCC)CC1. The van der Waals surface area contributed by atoms with Crippen LogP contribution in [-0.4, -0.2) is 56.4 Å². The van der Waals surface area contributed by atoms with Crippen molar-refractivity contribution in [2.75, 3.05) is 39.5 Å². The van der Waals surface area contributed by atoms with Crippen LogP contribution >= 0.6 is 0 Å². The molecule has 1 aliphatic heterocycles. The first-order valence-electron chi connectivity index (χ1n) is 10.7. The number of hydrogen-bond acceptors (Lipinski definition) is 5. The minimum atomic E-state index is -0.00447. The van der Waals surface area contributed by atoms with Crippen molar-refractivity contribution in [1.82, 2.24) is 4.90 Å². The Hall–Kier alpha value is -2.73. The van der Waals surface area contributed by atoms with Gasteiger partial charge in [0.05, 0.1) is 18.8 Å². The molecule has 6 nitrogen and oxygen atoms in total. The highest BCUT2D eigenvalue weighted by Gasteiger charge is 2.26. The van der Waals surface area contributed by atoms with Crippen LogP contribution in [0.4, 0.5) is 0 Å². The maximum Gasteiger partial charge on any atom is 0.257 e. The second kappa shape index (κ2) is 11.5. The maximum absolute atomic E-state index is 13.1. The van der Waals surface area contributed by atoms with Gasteiger partial charge in [-0.25, -0.2) is 0 Å². The number of rotatable bonds is 10. The van der Waals surface area contributed by atoms with E-state index in [0.29, 0.717) is 50.8 Å². The molecule has 0 aromatic heterocycles. The molecule has 0 unspecified atom stereocenters. The van der Waals surface area contributed by atoms with Gasteiger partial charge in [-0.1, -0.05) is 24.3 Å². The molecule has 1 amide bonds. The summed E-state index contributed by atoms with van der Waals surface area (Å²) < 4.78 is 22.9. The quantitative estimate of drug-likeness (QED) is 0.547. The van der Waals surface area contributed by atoms with Gasteiger partial charge < -0.3 is 23.8 Å². The Morgan fingerprint density at radius 1 is 0.867 bits per heavy atom. The van der Waals surface area contributed by atoms with Crippen molar-refractivity contribution in [1.29, 1.82) is 0 Å². The molecule has 6 heteroatoms. The Balaban J connectivity index is 1.56. The summed E-state index contributed by atoms with van der Waals surface area (Å²) >= 11 is 0. The van der Waals surface area contributed by atoms with Gasteiger partial charge in [0, 0.05) is 32.5 Å². The molecule has 162 valence electrons. The number of hydrogen-bond donors (Lipinski definition) is 0. The van der Waals surface area contributed by atoms with Crippen molar-refractivity contribution in [2.24, 2.45) is 0 Å². The van der Waals surface area contributed by atoms with Gasteiger partial charge in [0.25, 0.3) is 5.91 Å². The van der Waals surface area contributed by atoms with Gasteiger partial charge in [0.1, 0.15) is 18.5 Å². The lowest BCUT2D eigenvalue weighted by atomic mass is 10.1. The lowest BCUT2D eigenvalue weighted by Crippen LogP contribution is -2.42. The van der Waals surface area contributed by atoms with E-state index in [0.717, 1.165) is 24.3 Å². The Labute approximate surface area is 178 Å². The zero-order chi connectivity index (χ0) is 21.2. The number of nitrogens with zero attached hydrogens (tertiary/aromatic N) is 1. The van der Waals surface area contributed by atoms with Gasteiger partial charge in [0.2, 0.25) is 0 Å². The summed E-state index contributed by atoms with van der Waals surface area (Å²) in [6.45, 7) is 7.37. The number of likely N-dealkylation sites (tertiary alicyclic amines) is 1. The predicted molar refractivity (Wildman–Crippen MR) is 116 cm³/mol. The fraction of sp³-hybridized carbons (Fsp3) is 0.458. The highest BCUT2D eigenvalue weighted by Crippen LogP contribution is 2.30. The molecule has 1 heterocycles. The number of carbonyl (C=O) groups excluding carboxylic acids is 1. The summed E-state index contributed by atoms with van der Waals surface area (Å²) in [5.74, 6) is 2.12. The first-order valence-corrected chi connectivity index (χ1v) is 10.7. The molecular formula is C24H31NO5. The van der Waals surface area contributed by atoms with Gasteiger partial charge in [-0.05, 0) is 38.1 Å². The number of piperidine rings is 1. The molecule has 1 fully saturated rings. The van der Waals surface area contributed by atoms with E-state index in [9.17, 15) is 4.79 Å². The average Bonchev–Trinajstić information content (AvgIpc) is 2.78. The number of carbonyl (C=O) groups is 1. The second-order valence-corrected chi connectivity index (χ2v) is 7.03. The largest absolute Gasteiger partial charge is 0.490 e. The first kappa shape index (κ1) is 22.0. The normalized spacial score (nSPS) is 14.4. The standard InChI is InChI=1S/C24H31NO5/c1-3-27-17-18-29-21-10-6-5-9-20(21)24(26)25-15-13-19(14-16-25)30-23-12-8-7-11-22(23)28-4-2/h5-12,19H,3-4,13-18H2,1-2H3. The Morgan fingerprint density at radius 3 is 2.23 bits per heavy atom. The van der Waals surface area contributed by atoms with Crippen LogP contribution in [0.1, 0.15) is 37.0 Å². The van der Waals surface area contributed by atoms with E-state index in [1.54, 1.807) is 0 Å². The number of amides is 1. The van der Waals surface area contributed by atoms with Crippen LogP contribution in [0.3, 0.4) is 0 Å². The molecular weight excluding hydrogens is 382 g/mol. The summed E-state index contributed by atoms with van der Waals surface area (Å²) in [6.07, 6.45) is 1.62. The van der Waals surface area contributed by atoms with Crippen molar-refractivity contribution in [3.8, 4) is 17.2 Å². The lowest BCUT2D eigenvalue weighted by molar-refractivity contribution is 0.0582. The minimum Gasteiger partial charge on any atom is -0.490 e. The minimum absolute atomic E-state index is 0.00447. The maximum atomic E-state index is 13.1. The summed E-state index contributed by atoms with van der Waals surface area (Å²) in [4.78, 5) is 14.9. The van der Waals surface area contributed by atoms with Crippen molar-refractivity contribution >= 4 is 5.91 Å². The molecule has 0 bridgehead atoms. The highest BCUT2D eigenvalue weighted by molar-refractivity contribution is 5.97. The Bertz CT molecular complexity index is 802. The molecule has 3 rings (SSSR count). The van der Waals surface area contributed by atoms with E-state index in [2.05, 4.69) is 0 Å². The van der Waals surface area contributed by atoms with Crippen LogP contribution in [0.2, 0.25) is 0 Å². The second-order valence-electron chi connectivity index (χ2n) is 7.03. The van der Waals surface area contributed by atoms with Gasteiger partial charge in [-0.15, -0.1) is 0 Å². The van der Waals surface area contributed by atoms with E-state index in [4.69, 9.17) is 18.9 Å². The van der Waals surface area contributed by atoms with Crippen LogP contribution in [0.5, 0.6) is 17.2 Å². The summed E-state index contributed by atoms with van der Waals surface area (Å²) in [5.41, 5.74) is 0.593. The molecule has 0 N–H and O–H groups in total. The number of para-hydroxylation sites is 3. The van der Waals surface area contributed by atoms with Crippen LogP contribution < -0.4 is 14.2 Å². The van der Waals surface area contributed by atoms with Crippen LogP contribution in [0, 0.1) is 0 Å². The third kappa shape index (κ3) is 5.89. The monoisotopic (exact) mass is 413 g/mol. The molecule has 0 saturated carbocycles. The first-order chi connectivity index (χ1) is 14.7. The van der Waals surface area contributed by atoms with E-state index in [-0.39, 0.29) is 12.0 Å². The fourth-order valence-electron chi connectivity index (χ4n) is 3.47. The molecule has 2 aromatic rings. The summed E-state index contributed by atoms with van der Waals surface area (Å²) in [6, 6.07) is 15.1. The summed E-state index contributed by atoms with van der Waals surface area (Å²) in [5, 5.41) is 0. The predicted octanol–water partition coefficient (Wildman–Crippen LogP) is 4.18. The highest BCUT2D eigenvalue weighted by atomic mass is 16.5. The van der Waals surface area contributed by atoms with E-state index in [1.807, 2.05) is 67.3 Å². The number of benzene rings is 2. The Morgan fingerprint density at radius 2 is 1.53 bits per heavy atom. The van der Waals surface area contributed by atoms with Crippen LogP contribution in [-0.2, 0) is 4.74 Å². The molecule has 2 aromatic carbocycles. The van der Waals surface area contributed by atoms with E-state index >= 15 is 0 Å². The third-order valence-corrected chi connectivity index (χ3v) is 4.98. The smallest absolute Gasteiger partial charge is 0.257 e. The Kier molecular flexibility index (Phi) is 8.39. The van der Waals surface area contributed by atoms with E-state index < -0.39 is 0 Å². The van der Waals surface area contributed by atoms with E-state index in [1.165, 1.54) is 0 Å². The van der Waals surface area contributed by atoms with Crippen molar-refractivity contribution in [3.63, 3.8) is 0 Å². The molecule has 0 spiro atoms. The van der Waals surface area contributed by atoms with Gasteiger partial charge in [0.15, 0.2) is 11.5 Å². The molecule has 1 aliphatic rings. The molecule has 0 atom stereocenters. The van der Waals surface area contributed by atoms with Crippen molar-refractivity contribution < 1.29 is 23.7 Å². The topological polar surface area (TPSA) is 57.2 Å². The van der Waals surface area contributed by atoms with Gasteiger partial charge >= 0.3 is 0 Å².